The fourth-order valence-corrected chi connectivity index (χ4v) is 5.00. The average Bonchev–Trinajstić information content (AvgIpc) is 3.39. The molecule has 3 heterocycles. The van der Waals surface area contributed by atoms with Crippen LogP contribution in [0.2, 0.25) is 0 Å². The zero-order valence-electron chi connectivity index (χ0n) is 23.5. The molecule has 4 aromatic rings. The molecule has 0 spiro atoms. The number of likely N-dealkylation sites (N-methyl/N-ethyl adjacent to an activating group) is 1. The van der Waals surface area contributed by atoms with Gasteiger partial charge in [0.15, 0.2) is 17.2 Å². The van der Waals surface area contributed by atoms with Crippen molar-refractivity contribution in [1.82, 2.24) is 24.6 Å². The normalized spacial score (nSPS) is 15.2. The molecule has 1 saturated heterocycles. The fourth-order valence-electron chi connectivity index (χ4n) is 5.00. The first-order chi connectivity index (χ1) is 19.9. The van der Waals surface area contributed by atoms with E-state index in [1.165, 1.54) is 19.3 Å². The topological polar surface area (TPSA) is 82.0 Å². The Hall–Kier alpha value is -4.44. The van der Waals surface area contributed by atoms with Crippen LogP contribution in [-0.2, 0) is 4.79 Å². The number of methoxy groups -OCH3 is 1. The summed E-state index contributed by atoms with van der Waals surface area (Å²) in [5.41, 5.74) is 2.41. The summed E-state index contributed by atoms with van der Waals surface area (Å²) in [5.74, 6) is 0.659. The number of carbonyl (C=O) groups excluding carboxylic acids is 1. The number of rotatable bonds is 10. The van der Waals surface area contributed by atoms with E-state index in [1.807, 2.05) is 35.8 Å². The molecule has 10 heteroatoms. The molecule has 1 fully saturated rings. The second-order valence-corrected chi connectivity index (χ2v) is 10.2. The van der Waals surface area contributed by atoms with E-state index in [0.717, 1.165) is 41.5 Å². The second kappa shape index (κ2) is 12.4. The lowest BCUT2D eigenvalue weighted by molar-refractivity contribution is -0.127. The molecule has 1 amide bonds. The van der Waals surface area contributed by atoms with Crippen LogP contribution in [0.4, 0.5) is 4.39 Å². The number of ether oxygens (including phenoxy) is 3. The summed E-state index contributed by atoms with van der Waals surface area (Å²) in [5, 5.41) is 5.90. The van der Waals surface area contributed by atoms with Gasteiger partial charge in [0.1, 0.15) is 23.6 Å². The molecule has 41 heavy (non-hydrogen) atoms. The highest BCUT2D eigenvalue weighted by Gasteiger charge is 2.28. The van der Waals surface area contributed by atoms with Gasteiger partial charge in [0.2, 0.25) is 11.7 Å². The third kappa shape index (κ3) is 6.02. The summed E-state index contributed by atoms with van der Waals surface area (Å²) in [4.78, 5) is 20.7. The average molecular weight is 560 g/mol. The Labute approximate surface area is 238 Å². The van der Waals surface area contributed by atoms with Crippen LogP contribution in [-0.4, -0.2) is 77.9 Å². The smallest absolute Gasteiger partial charge is 0.246 e. The minimum atomic E-state index is -0.562. The number of likely N-dealkylation sites (tertiary alicyclic amines) is 1. The van der Waals surface area contributed by atoms with Gasteiger partial charge in [-0.25, -0.2) is 0 Å². The minimum Gasteiger partial charge on any atom is -0.494 e. The van der Waals surface area contributed by atoms with Crippen molar-refractivity contribution in [2.75, 3.05) is 47.4 Å². The Morgan fingerprint density at radius 2 is 1.93 bits per heavy atom. The number of halogens is 1. The van der Waals surface area contributed by atoms with Crippen LogP contribution in [0.5, 0.6) is 23.0 Å². The molecule has 0 N–H and O–H groups in total. The lowest BCUT2D eigenvalue weighted by atomic mass is 10.1. The highest BCUT2D eigenvalue weighted by Crippen LogP contribution is 2.37. The van der Waals surface area contributed by atoms with Crippen molar-refractivity contribution in [3.63, 3.8) is 0 Å². The first-order valence-corrected chi connectivity index (χ1v) is 13.6. The van der Waals surface area contributed by atoms with E-state index in [-0.39, 0.29) is 23.4 Å². The number of nitrogens with zero attached hydrogens (tertiary/aromatic N) is 5. The molecule has 2 aromatic carbocycles. The number of amides is 1. The van der Waals surface area contributed by atoms with Crippen LogP contribution >= 0.6 is 0 Å². The number of fused-ring (bicyclic) bond motifs is 1. The van der Waals surface area contributed by atoms with Crippen LogP contribution < -0.4 is 14.2 Å². The van der Waals surface area contributed by atoms with Gasteiger partial charge in [-0.2, -0.15) is 9.49 Å². The van der Waals surface area contributed by atoms with Crippen LogP contribution in [0.25, 0.3) is 22.2 Å². The van der Waals surface area contributed by atoms with Gasteiger partial charge in [-0.3, -0.25) is 14.5 Å². The Balaban J connectivity index is 1.51. The lowest BCUT2D eigenvalue weighted by Gasteiger charge is -2.32. The summed E-state index contributed by atoms with van der Waals surface area (Å²) in [7, 11) is 5.40. The molecular formula is C31H34FN5O4. The van der Waals surface area contributed by atoms with E-state index in [4.69, 9.17) is 19.3 Å². The van der Waals surface area contributed by atoms with E-state index in [1.54, 1.807) is 36.7 Å². The Kier molecular flexibility index (Phi) is 8.49. The number of carbonyl (C=O) groups is 1. The van der Waals surface area contributed by atoms with Crippen molar-refractivity contribution in [1.29, 1.82) is 0 Å². The molecule has 5 rings (SSSR count). The van der Waals surface area contributed by atoms with Gasteiger partial charge in [-0.05, 0) is 69.4 Å². The first kappa shape index (κ1) is 28.1. The molecule has 9 nitrogen and oxygen atoms in total. The fraction of sp³-hybridized carbons (Fsp3) is 0.323. The van der Waals surface area contributed by atoms with Gasteiger partial charge >= 0.3 is 0 Å². The van der Waals surface area contributed by atoms with Gasteiger partial charge in [0.05, 0.1) is 24.7 Å². The van der Waals surface area contributed by atoms with Crippen LogP contribution in [0.1, 0.15) is 18.9 Å². The molecule has 0 radical (unpaired) electrons. The number of aromatic nitrogens is 3. The molecular weight excluding hydrogens is 525 g/mol. The van der Waals surface area contributed by atoms with E-state index >= 15 is 0 Å². The van der Waals surface area contributed by atoms with Gasteiger partial charge in [0.25, 0.3) is 0 Å². The zero-order valence-corrected chi connectivity index (χ0v) is 23.5. The maximum atomic E-state index is 14.6. The summed E-state index contributed by atoms with van der Waals surface area (Å²) < 4.78 is 33.6. The Bertz CT molecular complexity index is 1540. The summed E-state index contributed by atoms with van der Waals surface area (Å²) in [6.45, 7) is 6.11. The standard InChI is InChI=1S/C31H34FN5O4/c1-5-28(38)36-15-7-8-22(20-36)37-31-24(18-33-19-27(31)40-17-16-35(2)3)30(34-37)21-11-13-23(14-12-21)41-26-10-6-9-25(39-4)29(26)32/h5-6,9-14,18-19,22H,1,7-8,15-17,20H2,2-4H3/t22-/m1/s1. The van der Waals surface area contributed by atoms with E-state index in [0.29, 0.717) is 31.2 Å². The molecule has 0 saturated carbocycles. The van der Waals surface area contributed by atoms with Gasteiger partial charge in [-0.15, -0.1) is 0 Å². The number of hydrogen-bond acceptors (Lipinski definition) is 7. The highest BCUT2D eigenvalue weighted by atomic mass is 19.1. The van der Waals surface area contributed by atoms with Crippen molar-refractivity contribution < 1.29 is 23.4 Å². The second-order valence-electron chi connectivity index (χ2n) is 10.2. The third-order valence-corrected chi connectivity index (χ3v) is 7.10. The van der Waals surface area contributed by atoms with Gasteiger partial charge in [0, 0.05) is 31.4 Å². The minimum absolute atomic E-state index is 0.0406. The van der Waals surface area contributed by atoms with Gasteiger partial charge < -0.3 is 24.0 Å². The van der Waals surface area contributed by atoms with Crippen LogP contribution in [0.3, 0.4) is 0 Å². The predicted molar refractivity (Wildman–Crippen MR) is 155 cm³/mol. The molecule has 1 aliphatic rings. The third-order valence-electron chi connectivity index (χ3n) is 7.10. The van der Waals surface area contributed by atoms with Crippen LogP contribution in [0, 0.1) is 5.82 Å². The predicted octanol–water partition coefficient (Wildman–Crippen LogP) is 5.33. The van der Waals surface area contributed by atoms with Crippen molar-refractivity contribution in [2.24, 2.45) is 0 Å². The highest BCUT2D eigenvalue weighted by molar-refractivity contribution is 5.96. The quantitative estimate of drug-likeness (QED) is 0.243. The van der Waals surface area contributed by atoms with Crippen LogP contribution in [0.15, 0.2) is 67.5 Å². The van der Waals surface area contributed by atoms with Gasteiger partial charge in [-0.1, -0.05) is 12.6 Å². The van der Waals surface area contributed by atoms with E-state index in [2.05, 4.69) is 16.5 Å². The van der Waals surface area contributed by atoms with Crippen molar-refractivity contribution in [3.05, 3.63) is 73.3 Å². The summed E-state index contributed by atoms with van der Waals surface area (Å²) in [6.07, 6.45) is 6.59. The summed E-state index contributed by atoms with van der Waals surface area (Å²) in [6, 6.07) is 12.0. The Morgan fingerprint density at radius 3 is 2.66 bits per heavy atom. The van der Waals surface area contributed by atoms with Crippen molar-refractivity contribution in [2.45, 2.75) is 18.9 Å². The largest absolute Gasteiger partial charge is 0.494 e. The van der Waals surface area contributed by atoms with E-state index < -0.39 is 5.82 Å². The molecule has 214 valence electrons. The molecule has 1 atom stereocenters. The van der Waals surface area contributed by atoms with Crippen molar-refractivity contribution >= 4 is 16.8 Å². The number of benzene rings is 2. The lowest BCUT2D eigenvalue weighted by Crippen LogP contribution is -2.40. The first-order valence-electron chi connectivity index (χ1n) is 13.6. The maximum absolute atomic E-state index is 14.6. The number of hydrogen-bond donors (Lipinski definition) is 0. The monoisotopic (exact) mass is 559 g/mol. The molecule has 0 bridgehead atoms. The number of piperidine rings is 1. The Morgan fingerprint density at radius 1 is 1.15 bits per heavy atom. The molecule has 0 unspecified atom stereocenters. The SMILES string of the molecule is C=CC(=O)N1CCC[C@@H](n2nc(-c3ccc(Oc4cccc(OC)c4F)cc3)c3cncc(OCCN(C)C)c32)C1. The summed E-state index contributed by atoms with van der Waals surface area (Å²) >= 11 is 0. The van der Waals surface area contributed by atoms with Crippen molar-refractivity contribution in [3.8, 4) is 34.3 Å². The maximum Gasteiger partial charge on any atom is 0.246 e. The molecule has 0 aliphatic carbocycles. The molecule has 1 aliphatic heterocycles. The van der Waals surface area contributed by atoms with E-state index in [9.17, 15) is 9.18 Å². The zero-order chi connectivity index (χ0) is 28.9. The molecule has 2 aromatic heterocycles. The number of pyridine rings is 1.